The normalized spacial score (nSPS) is 15.2. The zero-order chi connectivity index (χ0) is 11.0. The molecule has 0 aromatic carbocycles. The monoisotopic (exact) mass is 213 g/mol. The third-order valence-electron chi connectivity index (χ3n) is 2.78. The van der Waals surface area contributed by atoms with Crippen LogP contribution >= 0.6 is 0 Å². The van der Waals surface area contributed by atoms with Crippen molar-refractivity contribution in [3.63, 3.8) is 0 Å². The van der Waals surface area contributed by atoms with Crippen molar-refractivity contribution in [2.45, 2.75) is 19.3 Å². The Bertz CT molecular complexity index is 549. The second kappa shape index (κ2) is 3.63. The van der Waals surface area contributed by atoms with Crippen LogP contribution < -0.4 is 0 Å². The summed E-state index contributed by atoms with van der Waals surface area (Å²) in [7, 11) is 0. The van der Waals surface area contributed by atoms with Gasteiger partial charge in [-0.05, 0) is 25.0 Å². The molecule has 4 nitrogen and oxygen atoms in total. The zero-order valence-electron chi connectivity index (χ0n) is 8.76. The van der Waals surface area contributed by atoms with E-state index in [1.807, 2.05) is 12.1 Å². The van der Waals surface area contributed by atoms with Crippen molar-refractivity contribution in [3.8, 4) is 0 Å². The summed E-state index contributed by atoms with van der Waals surface area (Å²) >= 11 is 0. The number of rotatable bonds is 3. The number of fused-ring (bicyclic) bond motifs is 1. The molecule has 0 unspecified atom stereocenters. The Morgan fingerprint density at radius 1 is 1.25 bits per heavy atom. The van der Waals surface area contributed by atoms with Crippen molar-refractivity contribution < 1.29 is 4.79 Å². The fourth-order valence-corrected chi connectivity index (χ4v) is 1.72. The molecule has 0 radical (unpaired) electrons. The highest BCUT2D eigenvalue weighted by Crippen LogP contribution is 2.30. The van der Waals surface area contributed by atoms with E-state index in [-0.39, 0.29) is 0 Å². The SMILES string of the molecule is O=C(Cc1ccc2nccnc2n1)C1CC1. The van der Waals surface area contributed by atoms with E-state index < -0.39 is 0 Å². The molecule has 2 heterocycles. The highest BCUT2D eigenvalue weighted by Gasteiger charge is 2.29. The van der Waals surface area contributed by atoms with Crippen LogP contribution in [0.15, 0.2) is 24.5 Å². The summed E-state index contributed by atoms with van der Waals surface area (Å²) < 4.78 is 0. The lowest BCUT2D eigenvalue weighted by Gasteiger charge is -2.00. The molecule has 1 fully saturated rings. The van der Waals surface area contributed by atoms with E-state index in [2.05, 4.69) is 15.0 Å². The van der Waals surface area contributed by atoms with Crippen molar-refractivity contribution in [2.24, 2.45) is 5.92 Å². The van der Waals surface area contributed by atoms with Gasteiger partial charge in [0.2, 0.25) is 0 Å². The number of hydrogen-bond donors (Lipinski definition) is 0. The molecular formula is C12H11N3O. The third kappa shape index (κ3) is 1.78. The van der Waals surface area contributed by atoms with E-state index in [1.165, 1.54) is 0 Å². The lowest BCUT2D eigenvalue weighted by Crippen LogP contribution is -2.06. The first-order chi connectivity index (χ1) is 7.83. The van der Waals surface area contributed by atoms with Crippen molar-refractivity contribution >= 4 is 16.9 Å². The van der Waals surface area contributed by atoms with E-state index >= 15 is 0 Å². The average Bonchev–Trinajstić information content (AvgIpc) is 3.12. The third-order valence-corrected chi connectivity index (χ3v) is 2.78. The molecule has 16 heavy (non-hydrogen) atoms. The fraction of sp³-hybridized carbons (Fsp3) is 0.333. The summed E-state index contributed by atoms with van der Waals surface area (Å²) in [5, 5.41) is 0. The molecule has 2 aromatic rings. The minimum absolute atomic E-state index is 0.291. The largest absolute Gasteiger partial charge is 0.299 e. The van der Waals surface area contributed by atoms with Gasteiger partial charge in [0.25, 0.3) is 0 Å². The van der Waals surface area contributed by atoms with E-state index in [1.54, 1.807) is 12.4 Å². The van der Waals surface area contributed by atoms with Crippen LogP contribution in [0.2, 0.25) is 0 Å². The van der Waals surface area contributed by atoms with Crippen LogP contribution in [0, 0.1) is 5.92 Å². The molecule has 4 heteroatoms. The molecular weight excluding hydrogens is 202 g/mol. The second-order valence-corrected chi connectivity index (χ2v) is 4.12. The van der Waals surface area contributed by atoms with Gasteiger partial charge in [-0.1, -0.05) is 0 Å². The number of hydrogen-bond acceptors (Lipinski definition) is 4. The van der Waals surface area contributed by atoms with Crippen LogP contribution in [0.5, 0.6) is 0 Å². The summed E-state index contributed by atoms with van der Waals surface area (Å²) in [4.78, 5) is 24.2. The van der Waals surface area contributed by atoms with Crippen LogP contribution in [0.1, 0.15) is 18.5 Å². The first-order valence-electron chi connectivity index (χ1n) is 5.42. The highest BCUT2D eigenvalue weighted by atomic mass is 16.1. The molecule has 0 bridgehead atoms. The first kappa shape index (κ1) is 9.39. The smallest absolute Gasteiger partial charge is 0.178 e. The summed E-state index contributed by atoms with van der Waals surface area (Å²) in [5.74, 6) is 0.593. The van der Waals surface area contributed by atoms with Crippen LogP contribution in [0.4, 0.5) is 0 Å². The van der Waals surface area contributed by atoms with Gasteiger partial charge < -0.3 is 0 Å². The molecule has 0 N–H and O–H groups in total. The topological polar surface area (TPSA) is 55.7 Å². The van der Waals surface area contributed by atoms with Gasteiger partial charge in [0.1, 0.15) is 11.3 Å². The fourth-order valence-electron chi connectivity index (χ4n) is 1.72. The van der Waals surface area contributed by atoms with Gasteiger partial charge in [0.15, 0.2) is 5.65 Å². The van der Waals surface area contributed by atoms with Crippen LogP contribution in [0.25, 0.3) is 11.2 Å². The van der Waals surface area contributed by atoms with Gasteiger partial charge in [0, 0.05) is 24.7 Å². The molecule has 3 rings (SSSR count). The second-order valence-electron chi connectivity index (χ2n) is 4.12. The predicted octanol–water partition coefficient (Wildman–Crippen LogP) is 1.55. The zero-order valence-corrected chi connectivity index (χ0v) is 8.76. The van der Waals surface area contributed by atoms with E-state index in [0.29, 0.717) is 23.8 Å². The number of nitrogens with zero attached hydrogens (tertiary/aromatic N) is 3. The van der Waals surface area contributed by atoms with Crippen molar-refractivity contribution in [2.75, 3.05) is 0 Å². The number of pyridine rings is 1. The number of Topliss-reactive ketones (excluding diaryl/α,β-unsaturated/α-hetero) is 1. The number of carbonyl (C=O) groups is 1. The van der Waals surface area contributed by atoms with Crippen molar-refractivity contribution in [1.82, 2.24) is 15.0 Å². The average molecular weight is 213 g/mol. The molecule has 0 aliphatic heterocycles. The number of aromatic nitrogens is 3. The van der Waals surface area contributed by atoms with E-state index in [9.17, 15) is 4.79 Å². The van der Waals surface area contributed by atoms with E-state index in [0.717, 1.165) is 24.1 Å². The maximum Gasteiger partial charge on any atom is 0.178 e. The van der Waals surface area contributed by atoms with Crippen molar-refractivity contribution in [3.05, 3.63) is 30.2 Å². The van der Waals surface area contributed by atoms with Gasteiger partial charge in [-0.15, -0.1) is 0 Å². The molecule has 0 saturated heterocycles. The maximum absolute atomic E-state index is 11.6. The Morgan fingerprint density at radius 2 is 2.06 bits per heavy atom. The van der Waals surface area contributed by atoms with Gasteiger partial charge in [0.05, 0.1) is 5.69 Å². The summed E-state index contributed by atoms with van der Waals surface area (Å²) in [5.41, 5.74) is 2.18. The quantitative estimate of drug-likeness (QED) is 0.776. The minimum atomic E-state index is 0.291. The molecule has 1 saturated carbocycles. The first-order valence-corrected chi connectivity index (χ1v) is 5.42. The summed E-state index contributed by atoms with van der Waals surface area (Å²) in [6.45, 7) is 0. The van der Waals surface area contributed by atoms with Crippen molar-refractivity contribution in [1.29, 1.82) is 0 Å². The maximum atomic E-state index is 11.6. The Morgan fingerprint density at radius 3 is 2.88 bits per heavy atom. The molecule has 80 valence electrons. The summed E-state index contributed by atoms with van der Waals surface area (Å²) in [6.07, 6.45) is 5.77. The lowest BCUT2D eigenvalue weighted by atomic mass is 10.1. The van der Waals surface area contributed by atoms with E-state index in [4.69, 9.17) is 0 Å². The van der Waals surface area contributed by atoms with Gasteiger partial charge in [-0.25, -0.2) is 9.97 Å². The highest BCUT2D eigenvalue weighted by molar-refractivity contribution is 5.85. The number of ketones is 1. The Balaban J connectivity index is 1.89. The van der Waals surface area contributed by atoms with Crippen LogP contribution in [-0.4, -0.2) is 20.7 Å². The number of carbonyl (C=O) groups excluding carboxylic acids is 1. The molecule has 0 atom stereocenters. The van der Waals surface area contributed by atoms with Gasteiger partial charge in [-0.2, -0.15) is 0 Å². The summed E-state index contributed by atoms with van der Waals surface area (Å²) in [6, 6.07) is 3.72. The minimum Gasteiger partial charge on any atom is -0.299 e. The lowest BCUT2D eigenvalue weighted by molar-refractivity contribution is -0.119. The predicted molar refractivity (Wildman–Crippen MR) is 58.8 cm³/mol. The van der Waals surface area contributed by atoms with Crippen LogP contribution in [0.3, 0.4) is 0 Å². The Kier molecular flexibility index (Phi) is 2.13. The van der Waals surface area contributed by atoms with Gasteiger partial charge in [-0.3, -0.25) is 9.78 Å². The Labute approximate surface area is 92.8 Å². The Hall–Kier alpha value is -1.84. The molecule has 2 aromatic heterocycles. The van der Waals surface area contributed by atoms with Gasteiger partial charge >= 0.3 is 0 Å². The van der Waals surface area contributed by atoms with Crippen LogP contribution in [-0.2, 0) is 11.2 Å². The molecule has 0 amide bonds. The molecule has 0 spiro atoms. The molecule has 1 aliphatic rings. The standard InChI is InChI=1S/C12H11N3O/c16-11(8-1-2-8)7-9-3-4-10-12(15-9)14-6-5-13-10/h3-6,8H,1-2,7H2. The molecule has 1 aliphatic carbocycles.